The summed E-state index contributed by atoms with van der Waals surface area (Å²) in [5.74, 6) is 1.67. The molecule has 0 amide bonds. The summed E-state index contributed by atoms with van der Waals surface area (Å²) < 4.78 is 6.53. The molecule has 0 unspecified atom stereocenters. The average Bonchev–Trinajstić information content (AvgIpc) is 2.86. The minimum absolute atomic E-state index is 0.309. The molecule has 0 spiro atoms. The summed E-state index contributed by atoms with van der Waals surface area (Å²) in [5, 5.41) is 6.77. The van der Waals surface area contributed by atoms with E-state index in [2.05, 4.69) is 68.4 Å². The van der Waals surface area contributed by atoms with Crippen LogP contribution in [0.15, 0.2) is 86.4 Å². The lowest BCUT2D eigenvalue weighted by molar-refractivity contribution is 0.236. The van der Waals surface area contributed by atoms with E-state index in [1.807, 2.05) is 31.2 Å². The standard InChI is InChI=1S/C27H33BrN6O2/c1-6-7-23(18(2)3)36-21-10-8-20(9-11-21)33-26(24-25(29-4)22(28)16-30-27(24)35)32-17-31-19-12-14-34(5)15-13-19/h6-11,16,19,31H,1-2,4,12-15,17H2,3,5H3,(H,30,35)(H,32,33)/b23-7+. The fraction of sp³-hybridized carbons (Fsp3) is 0.296. The first kappa shape index (κ1) is 27.3. The number of aromatic nitrogens is 1. The second-order valence-corrected chi connectivity index (χ2v) is 9.45. The van der Waals surface area contributed by atoms with Gasteiger partial charge in [-0.05, 0) is 98.5 Å². The number of halogens is 1. The number of anilines is 1. The molecule has 8 nitrogen and oxygen atoms in total. The summed E-state index contributed by atoms with van der Waals surface area (Å²) in [6, 6.07) is 7.74. The van der Waals surface area contributed by atoms with E-state index in [0.29, 0.717) is 45.8 Å². The number of H-pyrrole nitrogens is 1. The number of pyridine rings is 1. The lowest BCUT2D eigenvalue weighted by atomic mass is 10.1. The van der Waals surface area contributed by atoms with Gasteiger partial charge in [-0.1, -0.05) is 19.2 Å². The quantitative estimate of drug-likeness (QED) is 0.167. The number of hydrogen-bond donors (Lipinski definition) is 3. The number of benzene rings is 1. The van der Waals surface area contributed by atoms with Crippen LogP contribution in [-0.2, 0) is 0 Å². The van der Waals surface area contributed by atoms with Crippen molar-refractivity contribution in [1.82, 2.24) is 15.2 Å². The van der Waals surface area contributed by atoms with Gasteiger partial charge in [0.25, 0.3) is 5.56 Å². The normalized spacial score (nSPS) is 15.4. The Hall–Kier alpha value is -3.27. The molecule has 9 heteroatoms. The average molecular weight is 554 g/mol. The zero-order valence-electron chi connectivity index (χ0n) is 20.8. The Morgan fingerprint density at radius 3 is 2.61 bits per heavy atom. The Morgan fingerprint density at radius 2 is 2.00 bits per heavy atom. The lowest BCUT2D eigenvalue weighted by Crippen LogP contribution is -2.41. The van der Waals surface area contributed by atoms with Crippen LogP contribution in [0.5, 0.6) is 5.75 Å². The fourth-order valence-corrected chi connectivity index (χ4v) is 4.20. The second kappa shape index (κ2) is 13.2. The summed E-state index contributed by atoms with van der Waals surface area (Å²) in [5.41, 5.74) is 1.95. The zero-order valence-corrected chi connectivity index (χ0v) is 22.4. The van der Waals surface area contributed by atoms with E-state index in [1.54, 1.807) is 18.3 Å². The summed E-state index contributed by atoms with van der Waals surface area (Å²) in [6.45, 7) is 15.6. The molecule has 1 aromatic carbocycles. The Bertz CT molecular complexity index is 1210. The largest absolute Gasteiger partial charge is 0.457 e. The van der Waals surface area contributed by atoms with Crippen LogP contribution < -0.4 is 20.9 Å². The first-order valence-corrected chi connectivity index (χ1v) is 12.5. The predicted octanol–water partition coefficient (Wildman–Crippen LogP) is 4.99. The molecule has 0 bridgehead atoms. The minimum Gasteiger partial charge on any atom is -0.457 e. The van der Waals surface area contributed by atoms with Gasteiger partial charge >= 0.3 is 0 Å². The van der Waals surface area contributed by atoms with Gasteiger partial charge < -0.3 is 19.9 Å². The number of piperidine rings is 1. The molecular formula is C27H33BrN6O2. The third kappa shape index (κ3) is 7.36. The molecule has 3 rings (SSSR count). The Kier molecular flexibility index (Phi) is 9.98. The Labute approximate surface area is 220 Å². The Balaban J connectivity index is 1.85. The number of rotatable bonds is 10. The predicted molar refractivity (Wildman–Crippen MR) is 153 cm³/mol. The molecule has 0 atom stereocenters. The topological polar surface area (TPSA) is 94.1 Å². The summed E-state index contributed by atoms with van der Waals surface area (Å²) >= 11 is 3.45. The van der Waals surface area contributed by atoms with E-state index in [9.17, 15) is 4.79 Å². The maximum atomic E-state index is 12.8. The van der Waals surface area contributed by atoms with Gasteiger partial charge in [0.2, 0.25) is 0 Å². The van der Waals surface area contributed by atoms with Crippen LogP contribution in [0.3, 0.4) is 0 Å². The van der Waals surface area contributed by atoms with E-state index < -0.39 is 0 Å². The van der Waals surface area contributed by atoms with Crippen molar-refractivity contribution in [3.8, 4) is 5.75 Å². The molecule has 1 aliphatic rings. The molecule has 0 radical (unpaired) electrons. The van der Waals surface area contributed by atoms with Crippen LogP contribution in [0.25, 0.3) is 0 Å². The molecule has 2 aromatic rings. The minimum atomic E-state index is -0.313. The highest BCUT2D eigenvalue weighted by atomic mass is 79.9. The number of nitrogens with one attached hydrogen (secondary N) is 3. The number of likely N-dealkylation sites (tertiary alicyclic amines) is 1. The van der Waals surface area contributed by atoms with Gasteiger partial charge in [-0.3, -0.25) is 20.1 Å². The van der Waals surface area contributed by atoms with Crippen LogP contribution >= 0.6 is 15.9 Å². The molecule has 36 heavy (non-hydrogen) atoms. The highest BCUT2D eigenvalue weighted by Crippen LogP contribution is 2.27. The van der Waals surface area contributed by atoms with Crippen LogP contribution in [0, 0.1) is 0 Å². The molecule has 3 N–H and O–H groups in total. The maximum Gasteiger partial charge on any atom is 0.261 e. The number of aromatic amines is 1. The van der Waals surface area contributed by atoms with Crippen molar-refractivity contribution in [1.29, 1.82) is 0 Å². The SMILES string of the molecule is C=C/C=C(/Oc1ccc(N/C(=N/CNC2CCN(C)CC2)c2c(N=C)c(Br)c[nH]c2=O)cc1)C(=C)C. The van der Waals surface area contributed by atoms with E-state index in [0.717, 1.165) is 37.2 Å². The van der Waals surface area contributed by atoms with Crippen molar-refractivity contribution in [2.45, 2.75) is 25.8 Å². The zero-order chi connectivity index (χ0) is 26.1. The van der Waals surface area contributed by atoms with Crippen LogP contribution in [0.4, 0.5) is 11.4 Å². The monoisotopic (exact) mass is 552 g/mol. The molecule has 1 aliphatic heterocycles. The lowest BCUT2D eigenvalue weighted by Gasteiger charge is -2.29. The van der Waals surface area contributed by atoms with Gasteiger partial charge in [-0.2, -0.15) is 0 Å². The molecule has 0 saturated carbocycles. The fourth-order valence-electron chi connectivity index (χ4n) is 3.76. The summed E-state index contributed by atoms with van der Waals surface area (Å²) in [7, 11) is 2.13. The number of hydrogen-bond acceptors (Lipinski definition) is 6. The molecule has 2 heterocycles. The number of aliphatic imine (C=N–C) groups is 2. The molecule has 1 fully saturated rings. The highest BCUT2D eigenvalue weighted by molar-refractivity contribution is 9.10. The molecular weight excluding hydrogens is 520 g/mol. The summed E-state index contributed by atoms with van der Waals surface area (Å²) in [4.78, 5) is 26.7. The van der Waals surface area contributed by atoms with E-state index in [-0.39, 0.29) is 5.56 Å². The number of allylic oxidation sites excluding steroid dienone is 3. The molecule has 0 aliphatic carbocycles. The van der Waals surface area contributed by atoms with Crippen molar-refractivity contribution >= 4 is 39.9 Å². The van der Waals surface area contributed by atoms with Crippen LogP contribution in [0.2, 0.25) is 0 Å². The number of amidine groups is 1. The van der Waals surface area contributed by atoms with Crippen molar-refractivity contribution in [2.75, 3.05) is 32.1 Å². The smallest absolute Gasteiger partial charge is 0.261 e. The van der Waals surface area contributed by atoms with Gasteiger partial charge in [-0.15, -0.1) is 0 Å². The summed E-state index contributed by atoms with van der Waals surface area (Å²) in [6.07, 6.45) is 7.08. The molecule has 1 aromatic heterocycles. The first-order chi connectivity index (χ1) is 17.3. The Morgan fingerprint density at radius 1 is 1.31 bits per heavy atom. The van der Waals surface area contributed by atoms with Crippen LogP contribution in [0.1, 0.15) is 25.3 Å². The van der Waals surface area contributed by atoms with Gasteiger partial charge in [0.1, 0.15) is 22.9 Å². The van der Waals surface area contributed by atoms with Crippen molar-refractivity contribution < 1.29 is 4.74 Å². The third-order valence-corrected chi connectivity index (χ3v) is 6.39. The van der Waals surface area contributed by atoms with Crippen molar-refractivity contribution in [2.24, 2.45) is 9.98 Å². The van der Waals surface area contributed by atoms with E-state index in [1.165, 1.54) is 0 Å². The second-order valence-electron chi connectivity index (χ2n) is 8.59. The van der Waals surface area contributed by atoms with E-state index in [4.69, 9.17) is 9.73 Å². The third-order valence-electron chi connectivity index (χ3n) is 5.79. The van der Waals surface area contributed by atoms with Crippen molar-refractivity contribution in [3.63, 3.8) is 0 Å². The maximum absolute atomic E-state index is 12.8. The van der Waals surface area contributed by atoms with Gasteiger partial charge in [-0.25, -0.2) is 0 Å². The number of nitrogens with zero attached hydrogens (tertiary/aromatic N) is 3. The molecule has 1 saturated heterocycles. The van der Waals surface area contributed by atoms with Gasteiger partial charge in [0.05, 0.1) is 16.8 Å². The van der Waals surface area contributed by atoms with Gasteiger partial charge in [0.15, 0.2) is 0 Å². The highest BCUT2D eigenvalue weighted by Gasteiger charge is 2.19. The van der Waals surface area contributed by atoms with Crippen molar-refractivity contribution in [3.05, 3.63) is 87.5 Å². The molecule has 190 valence electrons. The van der Waals surface area contributed by atoms with Gasteiger partial charge in [0, 0.05) is 17.9 Å². The van der Waals surface area contributed by atoms with Crippen LogP contribution in [-0.4, -0.2) is 55.3 Å². The number of ether oxygens (including phenoxy) is 1. The first-order valence-electron chi connectivity index (χ1n) is 11.7. The van der Waals surface area contributed by atoms with E-state index >= 15 is 0 Å².